The predicted molar refractivity (Wildman–Crippen MR) is 134 cm³/mol. The van der Waals surface area contributed by atoms with E-state index in [9.17, 15) is 0 Å². The summed E-state index contributed by atoms with van der Waals surface area (Å²) in [5.41, 5.74) is 1.35. The summed E-state index contributed by atoms with van der Waals surface area (Å²) in [5.74, 6) is 0.889. The smallest absolute Gasteiger partial charge is 0.191 e. The molecule has 162 valence electrons. The van der Waals surface area contributed by atoms with Gasteiger partial charge in [-0.25, -0.2) is 0 Å². The van der Waals surface area contributed by atoms with Gasteiger partial charge in [-0.15, -0.1) is 24.0 Å². The van der Waals surface area contributed by atoms with Crippen LogP contribution in [-0.4, -0.2) is 68.6 Å². The van der Waals surface area contributed by atoms with E-state index in [4.69, 9.17) is 0 Å². The molecule has 1 aromatic rings. The number of hydrogen-bond donors (Lipinski definition) is 2. The number of aliphatic imine (C=N–C) groups is 1. The van der Waals surface area contributed by atoms with E-state index >= 15 is 0 Å². The van der Waals surface area contributed by atoms with Crippen LogP contribution in [0.5, 0.6) is 0 Å². The van der Waals surface area contributed by atoms with Crippen LogP contribution in [0.2, 0.25) is 0 Å². The van der Waals surface area contributed by atoms with Crippen LogP contribution in [0, 0.1) is 0 Å². The van der Waals surface area contributed by atoms with Crippen molar-refractivity contribution in [3.8, 4) is 0 Å². The van der Waals surface area contributed by atoms with E-state index in [1.807, 2.05) is 7.05 Å². The number of likely N-dealkylation sites (N-methyl/N-ethyl adjacent to an activating group) is 1. The lowest BCUT2D eigenvalue weighted by molar-refractivity contribution is 0.219. The highest BCUT2D eigenvalue weighted by Crippen LogP contribution is 2.19. The van der Waals surface area contributed by atoms with Crippen LogP contribution in [0.1, 0.15) is 52.1 Å². The topological polar surface area (TPSA) is 42.9 Å². The summed E-state index contributed by atoms with van der Waals surface area (Å²) >= 11 is 0. The van der Waals surface area contributed by atoms with E-state index in [2.05, 4.69) is 90.5 Å². The Morgan fingerprint density at radius 1 is 1.04 bits per heavy atom. The number of hydrogen-bond acceptors (Lipinski definition) is 3. The van der Waals surface area contributed by atoms with Crippen LogP contribution in [-0.2, 0) is 0 Å². The average Bonchev–Trinajstić information content (AvgIpc) is 2.69. The summed E-state index contributed by atoms with van der Waals surface area (Å²) in [5, 5.41) is 6.98. The summed E-state index contributed by atoms with van der Waals surface area (Å²) in [6.07, 6.45) is 2.35. The molecule has 0 heterocycles. The molecular weight excluding hydrogens is 461 g/mol. The van der Waals surface area contributed by atoms with Crippen molar-refractivity contribution >= 4 is 29.9 Å². The van der Waals surface area contributed by atoms with Gasteiger partial charge >= 0.3 is 0 Å². The molecule has 6 heteroatoms. The van der Waals surface area contributed by atoms with Crippen LogP contribution >= 0.6 is 24.0 Å². The molecule has 0 aromatic heterocycles. The van der Waals surface area contributed by atoms with Gasteiger partial charge in [0.1, 0.15) is 0 Å². The predicted octanol–water partition coefficient (Wildman–Crippen LogP) is 3.97. The molecule has 1 unspecified atom stereocenters. The molecule has 0 saturated carbocycles. The SMILES string of the molecule is CCN(CC)C(CNC(=NC)NCCCCN(C)C(C)C)c1ccccc1.I. The van der Waals surface area contributed by atoms with Gasteiger partial charge in [-0.1, -0.05) is 44.2 Å². The number of guanidine groups is 1. The third-order valence-corrected chi connectivity index (χ3v) is 5.24. The standard InChI is InChI=1S/C22H41N5.HI/c1-7-27(8-2)21(20-14-10-9-11-15-20)18-25-22(23-5)24-16-12-13-17-26(6)19(3)4;/h9-11,14-15,19,21H,7-8,12-13,16-18H2,1-6H3,(H2,23,24,25);1H. The fraction of sp³-hybridized carbons (Fsp3) is 0.682. The van der Waals surface area contributed by atoms with Crippen molar-refractivity contribution in [3.05, 3.63) is 35.9 Å². The van der Waals surface area contributed by atoms with Gasteiger partial charge in [0.15, 0.2) is 5.96 Å². The monoisotopic (exact) mass is 503 g/mol. The number of nitrogens with one attached hydrogen (secondary N) is 2. The van der Waals surface area contributed by atoms with Gasteiger partial charge < -0.3 is 15.5 Å². The minimum Gasteiger partial charge on any atom is -0.356 e. The Hall–Kier alpha value is -0.860. The molecule has 1 aromatic carbocycles. The van der Waals surface area contributed by atoms with Crippen LogP contribution in [0.25, 0.3) is 0 Å². The van der Waals surface area contributed by atoms with Crippen LogP contribution in [0.15, 0.2) is 35.3 Å². The first-order valence-electron chi connectivity index (χ1n) is 10.5. The van der Waals surface area contributed by atoms with E-state index in [1.165, 1.54) is 12.0 Å². The van der Waals surface area contributed by atoms with E-state index < -0.39 is 0 Å². The zero-order valence-electron chi connectivity index (χ0n) is 18.7. The maximum absolute atomic E-state index is 4.39. The Morgan fingerprint density at radius 2 is 1.68 bits per heavy atom. The highest BCUT2D eigenvalue weighted by atomic mass is 127. The molecule has 1 atom stereocenters. The summed E-state index contributed by atoms with van der Waals surface area (Å²) in [6, 6.07) is 11.7. The lowest BCUT2D eigenvalue weighted by Gasteiger charge is -2.30. The van der Waals surface area contributed by atoms with Gasteiger partial charge in [0.25, 0.3) is 0 Å². The van der Waals surface area contributed by atoms with Crippen molar-refractivity contribution in [2.75, 3.05) is 46.8 Å². The highest BCUT2D eigenvalue weighted by molar-refractivity contribution is 14.0. The molecule has 0 radical (unpaired) electrons. The third kappa shape index (κ3) is 10.1. The van der Waals surface area contributed by atoms with E-state index in [1.54, 1.807) is 0 Å². The maximum atomic E-state index is 4.39. The zero-order valence-corrected chi connectivity index (χ0v) is 21.1. The molecule has 0 amide bonds. The molecule has 0 spiro atoms. The molecule has 1 rings (SSSR count). The van der Waals surface area contributed by atoms with E-state index in [0.717, 1.165) is 45.1 Å². The van der Waals surface area contributed by atoms with Gasteiger partial charge in [0.05, 0.1) is 6.04 Å². The molecule has 0 aliphatic heterocycles. The normalized spacial score (nSPS) is 13.0. The Kier molecular flexibility index (Phi) is 15.5. The van der Waals surface area contributed by atoms with Gasteiger partial charge in [-0.2, -0.15) is 0 Å². The molecule has 5 nitrogen and oxygen atoms in total. The van der Waals surface area contributed by atoms with E-state index in [-0.39, 0.29) is 24.0 Å². The minimum atomic E-state index is 0. The van der Waals surface area contributed by atoms with Crippen molar-refractivity contribution in [3.63, 3.8) is 0 Å². The number of halogens is 1. The Bertz CT molecular complexity index is 517. The molecule has 0 saturated heterocycles. The van der Waals surface area contributed by atoms with Crippen molar-refractivity contribution in [1.29, 1.82) is 0 Å². The zero-order chi connectivity index (χ0) is 20.1. The van der Waals surface area contributed by atoms with Gasteiger partial charge in [-0.05, 0) is 58.9 Å². The first-order chi connectivity index (χ1) is 13.0. The summed E-state index contributed by atoms with van der Waals surface area (Å²) in [6.45, 7) is 13.9. The number of nitrogens with zero attached hydrogens (tertiary/aromatic N) is 3. The Morgan fingerprint density at radius 3 is 2.21 bits per heavy atom. The van der Waals surface area contributed by atoms with Crippen molar-refractivity contribution < 1.29 is 0 Å². The van der Waals surface area contributed by atoms with Gasteiger partial charge in [-0.3, -0.25) is 9.89 Å². The molecule has 0 aliphatic carbocycles. The first-order valence-corrected chi connectivity index (χ1v) is 10.5. The molecule has 0 aliphatic rings. The molecular formula is C22H42IN5. The Labute approximate surface area is 190 Å². The molecule has 2 N–H and O–H groups in total. The Balaban J connectivity index is 0.00000729. The fourth-order valence-electron chi connectivity index (χ4n) is 3.16. The lowest BCUT2D eigenvalue weighted by Crippen LogP contribution is -2.43. The highest BCUT2D eigenvalue weighted by Gasteiger charge is 2.18. The van der Waals surface area contributed by atoms with Crippen LogP contribution in [0.4, 0.5) is 0 Å². The summed E-state index contributed by atoms with van der Waals surface area (Å²) < 4.78 is 0. The summed E-state index contributed by atoms with van der Waals surface area (Å²) in [7, 11) is 4.03. The van der Waals surface area contributed by atoms with Crippen molar-refractivity contribution in [2.24, 2.45) is 4.99 Å². The largest absolute Gasteiger partial charge is 0.356 e. The second kappa shape index (κ2) is 16.0. The van der Waals surface area contributed by atoms with Gasteiger partial charge in [0.2, 0.25) is 0 Å². The maximum Gasteiger partial charge on any atom is 0.191 e. The van der Waals surface area contributed by atoms with E-state index in [0.29, 0.717) is 12.1 Å². The molecule has 28 heavy (non-hydrogen) atoms. The number of rotatable bonds is 12. The average molecular weight is 504 g/mol. The van der Waals surface area contributed by atoms with Crippen molar-refractivity contribution in [1.82, 2.24) is 20.4 Å². The van der Waals surface area contributed by atoms with Crippen LogP contribution < -0.4 is 10.6 Å². The van der Waals surface area contributed by atoms with Gasteiger partial charge in [0, 0.05) is 26.2 Å². The minimum absolute atomic E-state index is 0. The summed E-state index contributed by atoms with van der Waals surface area (Å²) in [4.78, 5) is 9.27. The van der Waals surface area contributed by atoms with Crippen LogP contribution in [0.3, 0.4) is 0 Å². The number of unbranched alkanes of at least 4 members (excludes halogenated alkanes) is 1. The molecule has 0 bridgehead atoms. The lowest BCUT2D eigenvalue weighted by atomic mass is 10.1. The quantitative estimate of drug-likeness (QED) is 0.196. The first kappa shape index (κ1) is 27.1. The third-order valence-electron chi connectivity index (χ3n) is 5.24. The number of benzene rings is 1. The fourth-order valence-corrected chi connectivity index (χ4v) is 3.16. The second-order valence-corrected chi connectivity index (χ2v) is 7.31. The second-order valence-electron chi connectivity index (χ2n) is 7.31. The molecule has 0 fully saturated rings. The van der Waals surface area contributed by atoms with Crippen molar-refractivity contribution in [2.45, 2.75) is 52.6 Å².